The molecule has 0 radical (unpaired) electrons. The normalized spacial score (nSPS) is 11.4. The minimum absolute atomic E-state index is 0.217. The monoisotopic (exact) mass is 386 g/mol. The molecule has 27 heavy (non-hydrogen) atoms. The van der Waals surface area contributed by atoms with E-state index in [1.54, 1.807) is 43.3 Å². The van der Waals surface area contributed by atoms with Gasteiger partial charge in [-0.15, -0.1) is 0 Å². The number of benzene rings is 2. The highest BCUT2D eigenvalue weighted by Crippen LogP contribution is 2.31. The van der Waals surface area contributed by atoms with Crippen LogP contribution in [-0.4, -0.2) is 20.2 Å². The van der Waals surface area contributed by atoms with Gasteiger partial charge in [-0.3, -0.25) is 4.72 Å². The highest BCUT2D eigenvalue weighted by molar-refractivity contribution is 7.92. The Morgan fingerprint density at radius 2 is 1.78 bits per heavy atom. The summed E-state index contributed by atoms with van der Waals surface area (Å²) in [5, 5.41) is 3.95. The van der Waals surface area contributed by atoms with Crippen molar-refractivity contribution in [3.63, 3.8) is 0 Å². The first-order valence-corrected chi connectivity index (χ1v) is 10.1. The average molecular weight is 386 g/mol. The van der Waals surface area contributed by atoms with Crippen molar-refractivity contribution in [1.82, 2.24) is 5.16 Å². The summed E-state index contributed by atoms with van der Waals surface area (Å²) in [5.41, 5.74) is 3.42. The van der Waals surface area contributed by atoms with Gasteiger partial charge in [0.25, 0.3) is 10.0 Å². The highest BCUT2D eigenvalue weighted by Gasteiger charge is 2.20. The average Bonchev–Trinajstić information content (AvgIpc) is 2.96. The molecule has 0 aliphatic heterocycles. The summed E-state index contributed by atoms with van der Waals surface area (Å²) in [5.74, 6) is 1.34. The summed E-state index contributed by atoms with van der Waals surface area (Å²) in [6.45, 7) is 7.85. The standard InChI is InChI=1S/C20H22N2O4S/c1-5-25-18-10-8-17(9-11-18)22-27(23,24)19-12-16(7-6-13(19)2)20-14(3)21-26-15(20)4/h6-12,22H,5H2,1-4H3. The Labute approximate surface area is 159 Å². The molecule has 3 aromatic rings. The van der Waals surface area contributed by atoms with Gasteiger partial charge in [-0.25, -0.2) is 8.42 Å². The Bertz CT molecular complexity index is 1030. The van der Waals surface area contributed by atoms with Crippen molar-refractivity contribution < 1.29 is 17.7 Å². The van der Waals surface area contributed by atoms with Crippen LogP contribution < -0.4 is 9.46 Å². The van der Waals surface area contributed by atoms with Gasteiger partial charge in [0.1, 0.15) is 11.5 Å². The van der Waals surface area contributed by atoms with Gasteiger partial charge in [-0.2, -0.15) is 0 Å². The van der Waals surface area contributed by atoms with Gasteiger partial charge in [0.05, 0.1) is 17.2 Å². The third kappa shape index (κ3) is 3.98. The first kappa shape index (κ1) is 19.0. The van der Waals surface area contributed by atoms with Crippen molar-refractivity contribution in [2.75, 3.05) is 11.3 Å². The molecule has 0 bridgehead atoms. The molecule has 0 aliphatic rings. The Morgan fingerprint density at radius 1 is 1.07 bits per heavy atom. The molecule has 2 aromatic carbocycles. The van der Waals surface area contributed by atoms with Crippen LogP contribution in [0, 0.1) is 20.8 Å². The number of aryl methyl sites for hydroxylation is 3. The molecule has 6 nitrogen and oxygen atoms in total. The molecule has 0 amide bonds. The predicted octanol–water partition coefficient (Wildman–Crippen LogP) is 4.47. The van der Waals surface area contributed by atoms with Gasteiger partial charge < -0.3 is 9.26 Å². The number of hydrogen-bond donors (Lipinski definition) is 1. The van der Waals surface area contributed by atoms with Crippen LogP contribution in [0.4, 0.5) is 5.69 Å². The van der Waals surface area contributed by atoms with Crippen LogP contribution in [0.3, 0.4) is 0 Å². The number of aromatic nitrogens is 1. The summed E-state index contributed by atoms with van der Waals surface area (Å²) >= 11 is 0. The zero-order valence-electron chi connectivity index (χ0n) is 15.7. The molecular formula is C20H22N2O4S. The van der Waals surface area contributed by atoms with Crippen molar-refractivity contribution in [3.8, 4) is 16.9 Å². The first-order valence-electron chi connectivity index (χ1n) is 8.61. The Balaban J connectivity index is 1.95. The number of hydrogen-bond acceptors (Lipinski definition) is 5. The Kier molecular flexibility index (Phi) is 5.23. The van der Waals surface area contributed by atoms with Crippen LogP contribution in [0.1, 0.15) is 23.9 Å². The minimum atomic E-state index is -3.75. The quantitative estimate of drug-likeness (QED) is 0.676. The molecule has 1 heterocycles. The minimum Gasteiger partial charge on any atom is -0.494 e. The van der Waals surface area contributed by atoms with Gasteiger partial charge in [0, 0.05) is 11.3 Å². The zero-order chi connectivity index (χ0) is 19.6. The zero-order valence-corrected chi connectivity index (χ0v) is 16.6. The third-order valence-corrected chi connectivity index (χ3v) is 5.74. The van der Waals surface area contributed by atoms with Crippen molar-refractivity contribution >= 4 is 15.7 Å². The van der Waals surface area contributed by atoms with Gasteiger partial charge >= 0.3 is 0 Å². The molecule has 7 heteroatoms. The maximum atomic E-state index is 12.9. The van der Waals surface area contributed by atoms with E-state index >= 15 is 0 Å². The molecule has 0 atom stereocenters. The molecule has 3 rings (SSSR count). The molecule has 0 saturated carbocycles. The lowest BCUT2D eigenvalue weighted by atomic mass is 10.0. The van der Waals surface area contributed by atoms with Gasteiger partial charge in [-0.05, 0) is 69.2 Å². The van der Waals surface area contributed by atoms with Crippen LogP contribution in [0.25, 0.3) is 11.1 Å². The van der Waals surface area contributed by atoms with E-state index in [2.05, 4.69) is 9.88 Å². The predicted molar refractivity (Wildman–Crippen MR) is 105 cm³/mol. The van der Waals surface area contributed by atoms with Crippen molar-refractivity contribution in [3.05, 3.63) is 59.5 Å². The first-order chi connectivity index (χ1) is 12.8. The van der Waals surface area contributed by atoms with E-state index in [4.69, 9.17) is 9.26 Å². The summed E-state index contributed by atoms with van der Waals surface area (Å²) in [4.78, 5) is 0.217. The number of nitrogens with one attached hydrogen (secondary N) is 1. The smallest absolute Gasteiger partial charge is 0.262 e. The van der Waals surface area contributed by atoms with Gasteiger partial charge in [0.2, 0.25) is 0 Å². The van der Waals surface area contributed by atoms with E-state index in [-0.39, 0.29) is 4.90 Å². The lowest BCUT2D eigenvalue weighted by Crippen LogP contribution is -2.14. The second-order valence-electron chi connectivity index (χ2n) is 6.24. The maximum absolute atomic E-state index is 12.9. The lowest BCUT2D eigenvalue weighted by molar-refractivity contribution is 0.340. The molecule has 1 N–H and O–H groups in total. The van der Waals surface area contributed by atoms with E-state index in [9.17, 15) is 8.42 Å². The second kappa shape index (κ2) is 7.44. The molecule has 0 aliphatic carbocycles. The van der Waals surface area contributed by atoms with Crippen LogP contribution in [0.5, 0.6) is 5.75 Å². The van der Waals surface area contributed by atoms with Crippen molar-refractivity contribution in [1.29, 1.82) is 0 Å². The lowest BCUT2D eigenvalue weighted by Gasteiger charge is -2.12. The second-order valence-corrected chi connectivity index (χ2v) is 7.89. The number of rotatable bonds is 6. The SMILES string of the molecule is CCOc1ccc(NS(=O)(=O)c2cc(-c3c(C)noc3C)ccc2C)cc1. The van der Waals surface area contributed by atoms with Crippen molar-refractivity contribution in [2.24, 2.45) is 0 Å². The number of anilines is 1. The van der Waals surface area contributed by atoms with Crippen LogP contribution >= 0.6 is 0 Å². The van der Waals surface area contributed by atoms with E-state index in [0.717, 1.165) is 16.8 Å². The summed E-state index contributed by atoms with van der Waals surface area (Å²) in [6, 6.07) is 12.1. The number of ether oxygens (including phenoxy) is 1. The van der Waals surface area contributed by atoms with E-state index in [1.807, 2.05) is 26.8 Å². The fourth-order valence-corrected chi connectivity index (χ4v) is 4.27. The topological polar surface area (TPSA) is 81.4 Å². The number of sulfonamides is 1. The summed E-state index contributed by atoms with van der Waals surface area (Å²) < 4.78 is 39.1. The molecule has 0 unspecified atom stereocenters. The van der Waals surface area contributed by atoms with E-state index in [1.165, 1.54) is 0 Å². The van der Waals surface area contributed by atoms with Crippen molar-refractivity contribution in [2.45, 2.75) is 32.6 Å². The van der Waals surface area contributed by atoms with Crippen LogP contribution in [-0.2, 0) is 10.0 Å². The van der Waals surface area contributed by atoms with E-state index < -0.39 is 10.0 Å². The highest BCUT2D eigenvalue weighted by atomic mass is 32.2. The fraction of sp³-hybridized carbons (Fsp3) is 0.250. The van der Waals surface area contributed by atoms with E-state index in [0.29, 0.717) is 29.4 Å². The summed E-state index contributed by atoms with van der Waals surface area (Å²) in [7, 11) is -3.75. The third-order valence-electron chi connectivity index (χ3n) is 4.22. The van der Waals surface area contributed by atoms with Gasteiger partial charge in [0.15, 0.2) is 0 Å². The Morgan fingerprint density at radius 3 is 2.37 bits per heavy atom. The molecule has 142 valence electrons. The largest absolute Gasteiger partial charge is 0.494 e. The van der Waals surface area contributed by atoms with Gasteiger partial charge in [-0.1, -0.05) is 17.3 Å². The molecule has 0 spiro atoms. The molecule has 1 aromatic heterocycles. The maximum Gasteiger partial charge on any atom is 0.262 e. The Hall–Kier alpha value is -2.80. The molecule has 0 saturated heterocycles. The van der Waals surface area contributed by atoms with Crippen LogP contribution in [0.2, 0.25) is 0 Å². The van der Waals surface area contributed by atoms with Crippen LogP contribution in [0.15, 0.2) is 51.9 Å². The summed E-state index contributed by atoms with van der Waals surface area (Å²) in [6.07, 6.45) is 0. The number of nitrogens with zero attached hydrogens (tertiary/aromatic N) is 1. The fourth-order valence-electron chi connectivity index (χ4n) is 2.94. The molecule has 0 fully saturated rings. The molecular weight excluding hydrogens is 364 g/mol.